The standard InChI is InChI=1S/C30H24N6O7/c31-35-34-30(19-41-27(38)21-12-6-2-7-13-21)23(42-28(39)22-14-8-3-9-15-22)18-25(43-30)36-17-16-24(33-29(36)40)32-26(37)20-10-4-1-5-11-20/h1-17,23,25H,18-19H2,(H,32,33,37,40)/t23-,25+,30+/m0/s1. The van der Waals surface area contributed by atoms with Crippen molar-refractivity contribution < 1.29 is 28.6 Å². The highest BCUT2D eigenvalue weighted by Crippen LogP contribution is 2.40. The Bertz CT molecular complexity index is 1730. The average molecular weight is 581 g/mol. The van der Waals surface area contributed by atoms with Crippen LogP contribution in [-0.4, -0.2) is 45.8 Å². The van der Waals surface area contributed by atoms with Gasteiger partial charge in [-0.2, -0.15) is 4.98 Å². The Morgan fingerprint density at radius 1 is 0.930 bits per heavy atom. The minimum atomic E-state index is -2.02. The van der Waals surface area contributed by atoms with Gasteiger partial charge in [-0.25, -0.2) is 14.4 Å². The van der Waals surface area contributed by atoms with Crippen molar-refractivity contribution in [2.45, 2.75) is 24.5 Å². The van der Waals surface area contributed by atoms with Crippen LogP contribution in [-0.2, 0) is 14.2 Å². The second-order valence-corrected chi connectivity index (χ2v) is 9.37. The van der Waals surface area contributed by atoms with Crippen LogP contribution >= 0.6 is 0 Å². The molecule has 216 valence electrons. The number of hydrogen-bond donors (Lipinski definition) is 1. The first kappa shape index (κ1) is 28.7. The molecule has 43 heavy (non-hydrogen) atoms. The van der Waals surface area contributed by atoms with E-state index in [4.69, 9.17) is 14.2 Å². The van der Waals surface area contributed by atoms with Crippen LogP contribution < -0.4 is 11.0 Å². The van der Waals surface area contributed by atoms with Gasteiger partial charge in [0.15, 0.2) is 0 Å². The fourth-order valence-electron chi connectivity index (χ4n) is 4.43. The van der Waals surface area contributed by atoms with Gasteiger partial charge in [-0.15, -0.1) is 0 Å². The number of anilines is 1. The van der Waals surface area contributed by atoms with E-state index in [0.29, 0.717) is 5.56 Å². The molecule has 5 rings (SSSR count). The molecule has 1 aromatic heterocycles. The van der Waals surface area contributed by atoms with Gasteiger partial charge in [0.05, 0.1) is 11.1 Å². The number of benzene rings is 3. The van der Waals surface area contributed by atoms with Gasteiger partial charge in [0.1, 0.15) is 24.8 Å². The summed E-state index contributed by atoms with van der Waals surface area (Å²) < 4.78 is 18.3. The number of carbonyl (C=O) groups excluding carboxylic acids is 3. The lowest BCUT2D eigenvalue weighted by Crippen LogP contribution is -2.45. The second-order valence-electron chi connectivity index (χ2n) is 9.37. The number of rotatable bonds is 9. The van der Waals surface area contributed by atoms with Gasteiger partial charge in [-0.1, -0.05) is 59.7 Å². The van der Waals surface area contributed by atoms with Crippen LogP contribution in [0.3, 0.4) is 0 Å². The predicted molar refractivity (Wildman–Crippen MR) is 152 cm³/mol. The van der Waals surface area contributed by atoms with Gasteiger partial charge < -0.3 is 19.5 Å². The number of carbonyl (C=O) groups is 3. The maximum Gasteiger partial charge on any atom is 0.351 e. The van der Waals surface area contributed by atoms with E-state index in [1.807, 2.05) is 0 Å². The summed E-state index contributed by atoms with van der Waals surface area (Å²) in [6.07, 6.45) is -1.24. The molecule has 0 saturated carbocycles. The number of hydrogen-bond acceptors (Lipinski definition) is 9. The van der Waals surface area contributed by atoms with Crippen LogP contribution in [0.1, 0.15) is 43.7 Å². The van der Waals surface area contributed by atoms with E-state index in [0.717, 1.165) is 4.57 Å². The van der Waals surface area contributed by atoms with Crippen molar-refractivity contribution in [2.24, 2.45) is 5.11 Å². The molecule has 0 bridgehead atoms. The molecule has 13 heteroatoms. The first-order valence-corrected chi connectivity index (χ1v) is 13.1. The van der Waals surface area contributed by atoms with Crippen molar-refractivity contribution in [1.29, 1.82) is 0 Å². The minimum absolute atomic E-state index is 0.00162. The van der Waals surface area contributed by atoms with E-state index in [9.17, 15) is 24.7 Å². The first-order chi connectivity index (χ1) is 20.9. The second kappa shape index (κ2) is 12.8. The molecule has 1 aliphatic rings. The quantitative estimate of drug-likeness (QED) is 0.130. The Kier molecular flexibility index (Phi) is 8.56. The summed E-state index contributed by atoms with van der Waals surface area (Å²) in [5.41, 5.74) is 7.45. The highest BCUT2D eigenvalue weighted by Gasteiger charge is 2.53. The summed E-state index contributed by atoms with van der Waals surface area (Å²) in [4.78, 5) is 58.0. The topological polar surface area (TPSA) is 175 Å². The molecule has 4 aromatic rings. The molecule has 1 fully saturated rings. The predicted octanol–water partition coefficient (Wildman–Crippen LogP) is 4.50. The molecule has 0 aliphatic carbocycles. The van der Waals surface area contributed by atoms with Gasteiger partial charge in [0, 0.05) is 23.1 Å². The largest absolute Gasteiger partial charge is 0.459 e. The van der Waals surface area contributed by atoms with Crippen molar-refractivity contribution in [3.63, 3.8) is 0 Å². The van der Waals surface area contributed by atoms with Crippen LogP contribution in [0.15, 0.2) is 113 Å². The average Bonchev–Trinajstić information content (AvgIpc) is 3.38. The third-order valence-corrected chi connectivity index (χ3v) is 6.57. The fraction of sp³-hybridized carbons (Fsp3) is 0.167. The maximum atomic E-state index is 13.0. The van der Waals surface area contributed by atoms with Crippen LogP contribution in [0.25, 0.3) is 10.4 Å². The van der Waals surface area contributed by atoms with Crippen LogP contribution in [0, 0.1) is 0 Å². The lowest BCUT2D eigenvalue weighted by atomic mass is 10.1. The number of ether oxygens (including phenoxy) is 3. The number of nitrogens with one attached hydrogen (secondary N) is 1. The number of nitrogens with zero attached hydrogens (tertiary/aromatic N) is 5. The SMILES string of the molecule is [N-]=[N+]=N[C@]1(COC(=O)c2ccccc2)O[C@@H](n2ccc(NC(=O)c3ccccc3)nc2=O)C[C@@H]1OC(=O)c1ccccc1. The van der Waals surface area contributed by atoms with Gasteiger partial charge in [-0.05, 0) is 48.0 Å². The Morgan fingerprint density at radius 2 is 1.51 bits per heavy atom. The Balaban J connectivity index is 1.41. The summed E-state index contributed by atoms with van der Waals surface area (Å²) >= 11 is 0. The van der Waals surface area contributed by atoms with Crippen molar-refractivity contribution >= 4 is 23.7 Å². The summed E-state index contributed by atoms with van der Waals surface area (Å²) in [6.45, 7) is -0.624. The Morgan fingerprint density at radius 3 is 2.09 bits per heavy atom. The first-order valence-electron chi connectivity index (χ1n) is 13.1. The highest BCUT2D eigenvalue weighted by atomic mass is 16.6. The van der Waals surface area contributed by atoms with Gasteiger partial charge in [0.2, 0.25) is 5.72 Å². The van der Waals surface area contributed by atoms with Crippen LogP contribution in [0.4, 0.5) is 5.82 Å². The molecule has 1 amide bonds. The normalized spacial score (nSPS) is 19.1. The fourth-order valence-corrected chi connectivity index (χ4v) is 4.43. The molecule has 1 N–H and O–H groups in total. The smallest absolute Gasteiger partial charge is 0.351 e. The zero-order chi connectivity index (χ0) is 30.2. The zero-order valence-electron chi connectivity index (χ0n) is 22.5. The van der Waals surface area contributed by atoms with Gasteiger partial charge in [-0.3, -0.25) is 9.36 Å². The van der Waals surface area contributed by atoms with E-state index in [1.165, 1.54) is 36.5 Å². The molecule has 3 aromatic carbocycles. The molecular formula is C30H24N6O7. The Hall–Kier alpha value is -5.78. The van der Waals surface area contributed by atoms with Gasteiger partial charge >= 0.3 is 17.6 Å². The highest BCUT2D eigenvalue weighted by molar-refractivity contribution is 6.03. The molecule has 0 spiro atoms. The summed E-state index contributed by atoms with van der Waals surface area (Å²) in [5.74, 6) is -1.94. The molecule has 13 nitrogen and oxygen atoms in total. The van der Waals surface area contributed by atoms with E-state index in [2.05, 4.69) is 20.3 Å². The monoisotopic (exact) mass is 580 g/mol. The van der Waals surface area contributed by atoms with E-state index < -0.39 is 48.2 Å². The van der Waals surface area contributed by atoms with E-state index in [-0.39, 0.29) is 23.4 Å². The lowest BCUT2D eigenvalue weighted by Gasteiger charge is -2.28. The number of azide groups is 1. The lowest BCUT2D eigenvalue weighted by molar-refractivity contribution is -0.128. The van der Waals surface area contributed by atoms with Crippen LogP contribution in [0.2, 0.25) is 0 Å². The molecule has 3 atom stereocenters. The number of esters is 2. The summed E-state index contributed by atoms with van der Waals surface area (Å²) in [5, 5.41) is 6.31. The molecular weight excluding hydrogens is 556 g/mol. The minimum Gasteiger partial charge on any atom is -0.459 e. The third-order valence-electron chi connectivity index (χ3n) is 6.57. The molecule has 0 unspecified atom stereocenters. The molecule has 1 aliphatic heterocycles. The van der Waals surface area contributed by atoms with E-state index >= 15 is 0 Å². The number of amides is 1. The Labute approximate surface area is 244 Å². The summed E-state index contributed by atoms with van der Waals surface area (Å²) in [6, 6.07) is 26.0. The van der Waals surface area contributed by atoms with E-state index in [1.54, 1.807) is 66.7 Å². The van der Waals surface area contributed by atoms with Crippen molar-refractivity contribution in [3.05, 3.63) is 141 Å². The van der Waals surface area contributed by atoms with Crippen LogP contribution in [0.5, 0.6) is 0 Å². The molecule has 1 saturated heterocycles. The third kappa shape index (κ3) is 6.59. The number of aromatic nitrogens is 2. The zero-order valence-corrected chi connectivity index (χ0v) is 22.5. The van der Waals surface area contributed by atoms with Crippen molar-refractivity contribution in [3.8, 4) is 0 Å². The van der Waals surface area contributed by atoms with Crippen molar-refractivity contribution in [2.75, 3.05) is 11.9 Å². The maximum absolute atomic E-state index is 13.0. The molecule has 0 radical (unpaired) electrons. The summed E-state index contributed by atoms with van der Waals surface area (Å²) in [7, 11) is 0. The molecule has 2 heterocycles. The van der Waals surface area contributed by atoms with Gasteiger partial charge in [0.25, 0.3) is 5.91 Å². The van der Waals surface area contributed by atoms with Crippen molar-refractivity contribution in [1.82, 2.24) is 9.55 Å².